The molecule has 0 aromatic heterocycles. The van der Waals surface area contributed by atoms with Gasteiger partial charge in [0.2, 0.25) is 11.8 Å². The molecule has 3 N–H and O–H groups in total. The van der Waals surface area contributed by atoms with Gasteiger partial charge in [0.1, 0.15) is 23.9 Å². The van der Waals surface area contributed by atoms with E-state index in [0.717, 1.165) is 29.7 Å². The summed E-state index contributed by atoms with van der Waals surface area (Å²) in [5.41, 5.74) is 6.87. The summed E-state index contributed by atoms with van der Waals surface area (Å²) in [5.74, 6) is -0.440. The van der Waals surface area contributed by atoms with Crippen LogP contribution in [0.4, 0.5) is 9.59 Å². The summed E-state index contributed by atoms with van der Waals surface area (Å²) in [6, 6.07) is 3.81. The summed E-state index contributed by atoms with van der Waals surface area (Å²) in [4.78, 5) is 54.3. The van der Waals surface area contributed by atoms with E-state index in [0.29, 0.717) is 26.1 Å². The maximum Gasteiger partial charge on any atom is 0.410 e. The molecule has 37 heavy (non-hydrogen) atoms. The Labute approximate surface area is 216 Å². The van der Waals surface area contributed by atoms with Gasteiger partial charge in [0.15, 0.2) is 0 Å². The second-order valence-electron chi connectivity index (χ2n) is 10.9. The topological polar surface area (TPSA) is 140 Å². The number of hydrogen-bond acceptors (Lipinski definition) is 7. The van der Waals surface area contributed by atoms with Crippen molar-refractivity contribution in [2.45, 2.75) is 77.7 Å². The Morgan fingerprint density at radius 3 is 2.49 bits per heavy atom. The molecule has 3 unspecified atom stereocenters. The van der Waals surface area contributed by atoms with Gasteiger partial charge in [0.05, 0.1) is 26.3 Å². The number of nitrogens with two attached hydrogens (primary N) is 1. The number of primary amides is 1. The molecular weight excluding hydrogens is 480 g/mol. The minimum Gasteiger partial charge on any atom is -0.493 e. The fourth-order valence-corrected chi connectivity index (χ4v) is 4.97. The largest absolute Gasteiger partial charge is 0.493 e. The van der Waals surface area contributed by atoms with Crippen LogP contribution in [0.25, 0.3) is 0 Å². The molecule has 3 aliphatic heterocycles. The zero-order valence-electron chi connectivity index (χ0n) is 21.7. The lowest BCUT2D eigenvalue weighted by atomic mass is 9.85. The minimum atomic E-state index is -0.971. The van der Waals surface area contributed by atoms with Crippen molar-refractivity contribution in [1.82, 2.24) is 15.1 Å². The van der Waals surface area contributed by atoms with E-state index in [2.05, 4.69) is 5.32 Å². The number of hydrogen-bond donors (Lipinski definition) is 2. The van der Waals surface area contributed by atoms with Crippen LogP contribution in [-0.2, 0) is 32.2 Å². The van der Waals surface area contributed by atoms with Crippen LogP contribution in [0.15, 0.2) is 18.2 Å². The summed E-state index contributed by atoms with van der Waals surface area (Å²) in [7, 11) is 0. The Balaban J connectivity index is 1.57. The molecular formula is C26H36N4O7. The third-order valence-corrected chi connectivity index (χ3v) is 6.99. The number of ether oxygens (including phenoxy) is 3. The smallest absolute Gasteiger partial charge is 0.410 e. The SMILES string of the molecule is CC(C)(C)C1NC(=O)OCCCCCOc2cccc3c2CN(C3)C(=O)OC2CC(C(N)=O)N(C2)C1=O. The van der Waals surface area contributed by atoms with Crippen LogP contribution in [0.1, 0.15) is 57.6 Å². The lowest BCUT2D eigenvalue weighted by Gasteiger charge is -2.34. The van der Waals surface area contributed by atoms with E-state index in [-0.39, 0.29) is 19.6 Å². The molecule has 0 radical (unpaired) electrons. The number of nitrogens with one attached hydrogen (secondary N) is 1. The lowest BCUT2D eigenvalue weighted by Crippen LogP contribution is -2.57. The summed E-state index contributed by atoms with van der Waals surface area (Å²) in [5, 5.41) is 2.66. The zero-order valence-corrected chi connectivity index (χ0v) is 21.7. The Morgan fingerprint density at radius 1 is 1.05 bits per heavy atom. The van der Waals surface area contributed by atoms with Crippen molar-refractivity contribution in [3.05, 3.63) is 29.3 Å². The summed E-state index contributed by atoms with van der Waals surface area (Å²) < 4.78 is 17.0. The summed E-state index contributed by atoms with van der Waals surface area (Å²) in [6.07, 6.45) is 0.337. The predicted molar refractivity (Wildman–Crippen MR) is 132 cm³/mol. The van der Waals surface area contributed by atoms with Crippen LogP contribution in [0.2, 0.25) is 0 Å². The van der Waals surface area contributed by atoms with E-state index in [1.165, 1.54) is 4.90 Å². The molecule has 1 fully saturated rings. The highest BCUT2D eigenvalue weighted by Crippen LogP contribution is 2.33. The molecule has 0 aliphatic carbocycles. The summed E-state index contributed by atoms with van der Waals surface area (Å²) >= 11 is 0. The van der Waals surface area contributed by atoms with Crippen molar-refractivity contribution in [2.24, 2.45) is 11.1 Å². The van der Waals surface area contributed by atoms with Gasteiger partial charge < -0.3 is 30.2 Å². The number of benzene rings is 1. The van der Waals surface area contributed by atoms with Crippen LogP contribution in [-0.4, -0.2) is 71.7 Å². The number of amides is 4. The van der Waals surface area contributed by atoms with Gasteiger partial charge in [-0.15, -0.1) is 0 Å². The first-order valence-electron chi connectivity index (χ1n) is 12.8. The lowest BCUT2D eigenvalue weighted by molar-refractivity contribution is -0.141. The number of cyclic esters (lactones) is 1. The van der Waals surface area contributed by atoms with Crippen molar-refractivity contribution in [2.75, 3.05) is 19.8 Å². The number of rotatable bonds is 1. The average molecular weight is 517 g/mol. The quantitative estimate of drug-likeness (QED) is 0.584. The van der Waals surface area contributed by atoms with Crippen LogP contribution >= 0.6 is 0 Å². The van der Waals surface area contributed by atoms with E-state index in [9.17, 15) is 19.2 Å². The van der Waals surface area contributed by atoms with E-state index in [4.69, 9.17) is 19.9 Å². The van der Waals surface area contributed by atoms with Gasteiger partial charge in [-0.05, 0) is 36.3 Å². The highest BCUT2D eigenvalue weighted by Gasteiger charge is 2.46. The first-order valence-corrected chi connectivity index (χ1v) is 12.8. The number of alkyl carbamates (subject to hydrolysis) is 1. The monoisotopic (exact) mass is 516 g/mol. The van der Waals surface area contributed by atoms with Crippen LogP contribution in [0, 0.1) is 5.41 Å². The Bertz CT molecular complexity index is 1050. The Hall–Kier alpha value is -3.50. The average Bonchev–Trinajstić information content (AvgIpc) is 3.45. The molecule has 3 heterocycles. The number of nitrogens with zero attached hydrogens (tertiary/aromatic N) is 2. The number of carbonyl (C=O) groups is 4. The van der Waals surface area contributed by atoms with Crippen molar-refractivity contribution in [3.8, 4) is 5.75 Å². The number of fused-ring (bicyclic) bond motifs is 3. The van der Waals surface area contributed by atoms with Crippen molar-refractivity contribution in [3.63, 3.8) is 0 Å². The molecule has 4 rings (SSSR count). The first kappa shape index (κ1) is 26.6. The molecule has 4 amide bonds. The maximum atomic E-state index is 13.6. The molecule has 3 aliphatic rings. The highest BCUT2D eigenvalue weighted by molar-refractivity contribution is 5.92. The molecule has 4 bridgehead atoms. The Morgan fingerprint density at radius 2 is 1.78 bits per heavy atom. The molecule has 1 aromatic carbocycles. The predicted octanol–water partition coefficient (Wildman–Crippen LogP) is 2.30. The Kier molecular flexibility index (Phi) is 7.79. The molecule has 3 atom stereocenters. The van der Waals surface area contributed by atoms with Crippen LogP contribution < -0.4 is 15.8 Å². The second-order valence-corrected chi connectivity index (χ2v) is 10.9. The second kappa shape index (κ2) is 10.9. The van der Waals surface area contributed by atoms with E-state index in [1.807, 2.05) is 18.2 Å². The first-order chi connectivity index (χ1) is 17.5. The van der Waals surface area contributed by atoms with Gasteiger partial charge in [-0.2, -0.15) is 0 Å². The normalized spacial score (nSPS) is 25.6. The standard InChI is InChI=1S/C26H36N4O7/c1-26(2,3)21-23(32)30-14-17(12-19(30)22(27)31)37-25(34)29-13-16-8-7-9-20(18(16)15-29)35-10-5-4-6-11-36-24(33)28-21/h7-9,17,19,21H,4-6,10-15H2,1-3H3,(H2,27,31)(H,28,33). The van der Waals surface area contributed by atoms with E-state index < -0.39 is 47.6 Å². The van der Waals surface area contributed by atoms with Gasteiger partial charge in [0, 0.05) is 18.5 Å². The molecule has 1 saturated heterocycles. The fourth-order valence-electron chi connectivity index (χ4n) is 4.97. The van der Waals surface area contributed by atoms with Crippen molar-refractivity contribution >= 4 is 24.0 Å². The molecule has 11 heteroatoms. The van der Waals surface area contributed by atoms with Gasteiger partial charge >= 0.3 is 12.2 Å². The van der Waals surface area contributed by atoms with Crippen molar-refractivity contribution in [1.29, 1.82) is 0 Å². The molecule has 11 nitrogen and oxygen atoms in total. The number of carbonyl (C=O) groups excluding carboxylic acids is 4. The fraction of sp³-hybridized carbons (Fsp3) is 0.615. The van der Waals surface area contributed by atoms with Gasteiger partial charge in [0.25, 0.3) is 0 Å². The van der Waals surface area contributed by atoms with Gasteiger partial charge in [-0.3, -0.25) is 14.5 Å². The van der Waals surface area contributed by atoms with Crippen molar-refractivity contribution < 1.29 is 33.4 Å². The molecule has 202 valence electrons. The third-order valence-electron chi connectivity index (χ3n) is 6.99. The zero-order chi connectivity index (χ0) is 26.7. The summed E-state index contributed by atoms with van der Waals surface area (Å²) in [6.45, 7) is 6.86. The highest BCUT2D eigenvalue weighted by atomic mass is 16.6. The molecule has 0 spiro atoms. The molecule has 1 aromatic rings. The maximum absolute atomic E-state index is 13.6. The third kappa shape index (κ3) is 6.08. The van der Waals surface area contributed by atoms with Gasteiger partial charge in [-0.1, -0.05) is 32.9 Å². The van der Waals surface area contributed by atoms with E-state index in [1.54, 1.807) is 25.7 Å². The molecule has 0 saturated carbocycles. The van der Waals surface area contributed by atoms with Crippen LogP contribution in [0.3, 0.4) is 0 Å². The van der Waals surface area contributed by atoms with Gasteiger partial charge in [-0.25, -0.2) is 9.59 Å². The van der Waals surface area contributed by atoms with Crippen LogP contribution in [0.5, 0.6) is 5.75 Å². The minimum absolute atomic E-state index is 0.00334. The van der Waals surface area contributed by atoms with E-state index >= 15 is 0 Å².